The summed E-state index contributed by atoms with van der Waals surface area (Å²) in [7, 11) is -0.528. The first-order valence-electron chi connectivity index (χ1n) is 9.91. The minimum absolute atomic E-state index is 0.0143. The summed E-state index contributed by atoms with van der Waals surface area (Å²) in [4.78, 5) is 13.2. The molecule has 1 heterocycles. The molecular formula is C21H24FN3O3S2. The molecule has 0 saturated heterocycles. The normalized spacial score (nSPS) is 15.6. The predicted octanol–water partition coefficient (Wildman–Crippen LogP) is 4.24. The highest BCUT2D eigenvalue weighted by Crippen LogP contribution is 2.39. The number of hydrogen-bond acceptors (Lipinski definition) is 4. The lowest BCUT2D eigenvalue weighted by Crippen LogP contribution is -2.19. The molecule has 0 atom stereocenters. The minimum Gasteiger partial charge on any atom is -0.295 e. The first-order valence-corrected chi connectivity index (χ1v) is 12.3. The highest BCUT2D eigenvalue weighted by molar-refractivity contribution is 8.00. The van der Waals surface area contributed by atoms with Crippen molar-refractivity contribution >= 4 is 38.5 Å². The molecule has 4 rings (SSSR count). The topological polar surface area (TPSA) is 73.1 Å². The van der Waals surface area contributed by atoms with Crippen molar-refractivity contribution in [2.75, 3.05) is 4.72 Å². The van der Waals surface area contributed by atoms with Crippen LogP contribution < -0.4 is 10.4 Å². The predicted molar refractivity (Wildman–Crippen MR) is 118 cm³/mol. The van der Waals surface area contributed by atoms with E-state index in [1.165, 1.54) is 36.0 Å². The molecule has 0 bridgehead atoms. The summed E-state index contributed by atoms with van der Waals surface area (Å²) >= 11 is 1.66. The van der Waals surface area contributed by atoms with Crippen LogP contribution in [0, 0.1) is 5.82 Å². The molecule has 6 nitrogen and oxygen atoms in total. The van der Waals surface area contributed by atoms with E-state index in [-0.39, 0.29) is 10.6 Å². The lowest BCUT2D eigenvalue weighted by atomic mass is 10.0. The van der Waals surface area contributed by atoms with Crippen LogP contribution in [0.4, 0.5) is 10.1 Å². The Bertz CT molecular complexity index is 1240. The standard InChI is InChI=1S/C21H24FN3O3S2/c1-24-18-12-17(23-30(27,28)16-10-8-14(22)9-11-16)20(13-19(18)25(2)21(24)26)29-15-6-4-3-5-7-15/h8-13,15,23H,3-7H2,1-2H3. The number of halogens is 1. The zero-order chi connectivity index (χ0) is 21.5. The maximum Gasteiger partial charge on any atom is 0.328 e. The second-order valence-corrected chi connectivity index (χ2v) is 10.7. The monoisotopic (exact) mass is 449 g/mol. The number of nitrogens with zero attached hydrogens (tertiary/aromatic N) is 2. The fraction of sp³-hybridized carbons (Fsp3) is 0.381. The van der Waals surface area contributed by atoms with Gasteiger partial charge in [0, 0.05) is 24.2 Å². The summed E-state index contributed by atoms with van der Waals surface area (Å²) in [5.74, 6) is -0.497. The Morgan fingerprint density at radius 3 is 2.23 bits per heavy atom. The molecule has 160 valence electrons. The van der Waals surface area contributed by atoms with Gasteiger partial charge in [-0.1, -0.05) is 19.3 Å². The SMILES string of the molecule is Cn1c(=O)n(C)c2cc(SC3CCCCC3)c(NS(=O)(=O)c3ccc(F)cc3)cc21. The van der Waals surface area contributed by atoms with Crippen molar-refractivity contribution in [1.29, 1.82) is 0 Å². The number of nitrogens with one attached hydrogen (secondary N) is 1. The van der Waals surface area contributed by atoms with Crippen LogP contribution in [0.1, 0.15) is 32.1 Å². The number of aryl methyl sites for hydroxylation is 2. The van der Waals surface area contributed by atoms with Crippen molar-refractivity contribution in [1.82, 2.24) is 9.13 Å². The number of anilines is 1. The Morgan fingerprint density at radius 2 is 1.60 bits per heavy atom. The van der Waals surface area contributed by atoms with Gasteiger partial charge >= 0.3 is 5.69 Å². The summed E-state index contributed by atoms with van der Waals surface area (Å²) in [6.07, 6.45) is 5.73. The highest BCUT2D eigenvalue weighted by atomic mass is 32.2. The smallest absolute Gasteiger partial charge is 0.295 e. The molecule has 1 N–H and O–H groups in total. The molecular weight excluding hydrogens is 425 g/mol. The Balaban J connectivity index is 1.79. The van der Waals surface area contributed by atoms with Gasteiger partial charge in [0.1, 0.15) is 5.82 Å². The maximum absolute atomic E-state index is 13.2. The van der Waals surface area contributed by atoms with Crippen LogP contribution in [0.5, 0.6) is 0 Å². The van der Waals surface area contributed by atoms with Gasteiger partial charge in [0.25, 0.3) is 10.0 Å². The third kappa shape index (κ3) is 4.00. The van der Waals surface area contributed by atoms with Gasteiger partial charge in [-0.05, 0) is 49.2 Å². The van der Waals surface area contributed by atoms with Crippen LogP contribution in [-0.4, -0.2) is 22.8 Å². The fourth-order valence-corrected chi connectivity index (χ4v) is 6.36. The van der Waals surface area contributed by atoms with Crippen LogP contribution in [0.2, 0.25) is 0 Å². The summed E-state index contributed by atoms with van der Waals surface area (Å²) in [6, 6.07) is 8.32. The zero-order valence-corrected chi connectivity index (χ0v) is 18.5. The Labute approximate surface area is 179 Å². The van der Waals surface area contributed by atoms with Gasteiger partial charge in [-0.15, -0.1) is 11.8 Å². The van der Waals surface area contributed by atoms with Crippen LogP contribution in [0.3, 0.4) is 0 Å². The Morgan fingerprint density at radius 1 is 1.00 bits per heavy atom. The molecule has 1 aromatic heterocycles. The average molecular weight is 450 g/mol. The molecule has 0 amide bonds. The minimum atomic E-state index is -3.90. The molecule has 9 heteroatoms. The van der Waals surface area contributed by atoms with Crippen LogP contribution in [-0.2, 0) is 24.1 Å². The second kappa shape index (κ2) is 8.11. The van der Waals surface area contributed by atoms with Crippen LogP contribution in [0.25, 0.3) is 11.0 Å². The van der Waals surface area contributed by atoms with E-state index in [0.717, 1.165) is 35.4 Å². The molecule has 0 aliphatic heterocycles. The number of sulfonamides is 1. The molecule has 30 heavy (non-hydrogen) atoms. The molecule has 3 aromatic rings. The summed E-state index contributed by atoms with van der Waals surface area (Å²) in [5, 5.41) is 0.408. The van der Waals surface area contributed by atoms with Gasteiger partial charge in [0.05, 0.1) is 21.6 Å². The number of thioether (sulfide) groups is 1. The molecule has 0 radical (unpaired) electrons. The van der Waals surface area contributed by atoms with Crippen molar-refractivity contribution < 1.29 is 12.8 Å². The quantitative estimate of drug-likeness (QED) is 0.632. The summed E-state index contributed by atoms with van der Waals surface area (Å²) in [5.41, 5.74) is 1.67. The number of fused-ring (bicyclic) bond motifs is 1. The van der Waals surface area contributed by atoms with E-state index in [1.807, 2.05) is 6.07 Å². The third-order valence-electron chi connectivity index (χ3n) is 5.59. The number of aromatic nitrogens is 2. The van der Waals surface area contributed by atoms with E-state index in [0.29, 0.717) is 16.5 Å². The van der Waals surface area contributed by atoms with Gasteiger partial charge in [0.2, 0.25) is 0 Å². The maximum atomic E-state index is 13.2. The summed E-state index contributed by atoms with van der Waals surface area (Å²) < 4.78 is 44.8. The second-order valence-electron chi connectivity index (χ2n) is 7.67. The van der Waals surface area contributed by atoms with E-state index >= 15 is 0 Å². The van der Waals surface area contributed by atoms with Gasteiger partial charge in [0.15, 0.2) is 0 Å². The lowest BCUT2D eigenvalue weighted by Gasteiger charge is -2.22. The number of imidazole rings is 1. The van der Waals surface area contributed by atoms with E-state index in [4.69, 9.17) is 0 Å². The van der Waals surface area contributed by atoms with Gasteiger partial charge in [-0.25, -0.2) is 17.6 Å². The van der Waals surface area contributed by atoms with Crippen LogP contribution in [0.15, 0.2) is 51.0 Å². The highest BCUT2D eigenvalue weighted by Gasteiger charge is 2.22. The van der Waals surface area contributed by atoms with E-state index in [9.17, 15) is 17.6 Å². The molecule has 2 aromatic carbocycles. The third-order valence-corrected chi connectivity index (χ3v) is 8.37. The Hall–Kier alpha value is -2.26. The summed E-state index contributed by atoms with van der Waals surface area (Å²) in [6.45, 7) is 0. The first kappa shape index (κ1) is 21.0. The fourth-order valence-electron chi connectivity index (χ4n) is 3.88. The van der Waals surface area contributed by atoms with E-state index < -0.39 is 15.8 Å². The molecule has 1 saturated carbocycles. The van der Waals surface area contributed by atoms with Gasteiger partial charge < -0.3 is 0 Å². The molecule has 1 aliphatic carbocycles. The van der Waals surface area contributed by atoms with E-state index in [2.05, 4.69) is 4.72 Å². The van der Waals surface area contributed by atoms with E-state index in [1.54, 1.807) is 36.5 Å². The molecule has 1 aliphatic rings. The lowest BCUT2D eigenvalue weighted by molar-refractivity contribution is 0.516. The first-order chi connectivity index (χ1) is 14.3. The van der Waals surface area contributed by atoms with Crippen molar-refractivity contribution in [3.8, 4) is 0 Å². The van der Waals surface area contributed by atoms with Crippen molar-refractivity contribution in [2.45, 2.75) is 47.1 Å². The van der Waals surface area contributed by atoms with Gasteiger partial charge in [-0.2, -0.15) is 0 Å². The van der Waals surface area contributed by atoms with Crippen molar-refractivity contribution in [3.05, 3.63) is 52.7 Å². The molecule has 0 spiro atoms. The number of benzene rings is 2. The molecule has 0 unspecified atom stereocenters. The number of hydrogen-bond donors (Lipinski definition) is 1. The van der Waals surface area contributed by atoms with Crippen LogP contribution >= 0.6 is 11.8 Å². The van der Waals surface area contributed by atoms with Crippen molar-refractivity contribution in [3.63, 3.8) is 0 Å². The van der Waals surface area contributed by atoms with Gasteiger partial charge in [-0.3, -0.25) is 13.9 Å². The number of rotatable bonds is 5. The zero-order valence-electron chi connectivity index (χ0n) is 16.9. The largest absolute Gasteiger partial charge is 0.328 e. The Kier molecular flexibility index (Phi) is 5.67. The average Bonchev–Trinajstić information content (AvgIpc) is 2.93. The van der Waals surface area contributed by atoms with Crippen molar-refractivity contribution in [2.24, 2.45) is 14.1 Å². The molecule has 1 fully saturated rings.